The Morgan fingerprint density at radius 1 is 0.321 bits per heavy atom. The quantitative estimate of drug-likeness (QED) is 0.160. The van der Waals surface area contributed by atoms with Crippen molar-refractivity contribution in [2.45, 2.75) is 0 Å². The Morgan fingerprint density at radius 2 is 0.929 bits per heavy atom. The molecule has 1 heterocycles. The highest BCUT2D eigenvalue weighted by Crippen LogP contribution is 2.46. The van der Waals surface area contributed by atoms with Crippen LogP contribution in [0, 0.1) is 0 Å². The number of benzene rings is 10. The van der Waals surface area contributed by atoms with Crippen molar-refractivity contribution in [3.8, 4) is 33.4 Å². The van der Waals surface area contributed by atoms with E-state index in [4.69, 9.17) is 4.42 Å². The van der Waals surface area contributed by atoms with Crippen LogP contribution in [0.25, 0.3) is 87.6 Å². The highest BCUT2D eigenvalue weighted by atomic mass is 16.3. The number of hydrogen-bond acceptors (Lipinski definition) is 2. The summed E-state index contributed by atoms with van der Waals surface area (Å²) in [7, 11) is 0. The van der Waals surface area contributed by atoms with E-state index in [9.17, 15) is 0 Å². The van der Waals surface area contributed by atoms with Gasteiger partial charge in [-0.05, 0) is 97.2 Å². The number of hydrogen-bond donors (Lipinski definition) is 0. The Labute approximate surface area is 325 Å². The Bertz CT molecular complexity index is 3250. The van der Waals surface area contributed by atoms with E-state index in [2.05, 4.69) is 217 Å². The molecule has 0 unspecified atom stereocenters. The molecule has 0 bridgehead atoms. The highest BCUT2D eigenvalue weighted by molar-refractivity contribution is 6.20. The lowest BCUT2D eigenvalue weighted by Crippen LogP contribution is -2.11. The SMILES string of the molecule is c1ccc(-c2ccc(N(c3cccc(-c4cccc5c4ccc4ccccc45)c3)c3ccccc3-c3cccc4oc5c6ccccc6ccc5c34)cc2)cc1. The fraction of sp³-hybridized carbons (Fsp3) is 0. The molecule has 2 heteroatoms. The highest BCUT2D eigenvalue weighted by Gasteiger charge is 2.21. The minimum absolute atomic E-state index is 0.882. The average Bonchev–Trinajstić information content (AvgIpc) is 3.67. The van der Waals surface area contributed by atoms with Gasteiger partial charge in [0.15, 0.2) is 0 Å². The second kappa shape index (κ2) is 13.2. The summed E-state index contributed by atoms with van der Waals surface area (Å²) in [6, 6.07) is 76.5. The molecule has 0 aliphatic carbocycles. The molecular weight excluding hydrogens is 679 g/mol. The molecule has 0 spiro atoms. The summed E-state index contributed by atoms with van der Waals surface area (Å²) >= 11 is 0. The largest absolute Gasteiger partial charge is 0.455 e. The van der Waals surface area contributed by atoms with Gasteiger partial charge in [0.05, 0.1) is 5.69 Å². The third-order valence-electron chi connectivity index (χ3n) is 11.3. The number of rotatable bonds is 6. The van der Waals surface area contributed by atoms with Crippen LogP contribution in [0.5, 0.6) is 0 Å². The molecule has 11 aromatic rings. The van der Waals surface area contributed by atoms with Crippen molar-refractivity contribution < 1.29 is 4.42 Å². The molecule has 2 nitrogen and oxygen atoms in total. The molecular formula is C54H35NO. The summed E-state index contributed by atoms with van der Waals surface area (Å²) in [5.74, 6) is 0. The van der Waals surface area contributed by atoms with Crippen molar-refractivity contribution in [1.82, 2.24) is 0 Å². The second-order valence-electron chi connectivity index (χ2n) is 14.4. The number of nitrogens with zero attached hydrogens (tertiary/aromatic N) is 1. The van der Waals surface area contributed by atoms with Crippen LogP contribution < -0.4 is 4.90 Å². The van der Waals surface area contributed by atoms with Gasteiger partial charge in [0, 0.05) is 33.1 Å². The number of furan rings is 1. The van der Waals surface area contributed by atoms with E-state index < -0.39 is 0 Å². The monoisotopic (exact) mass is 713 g/mol. The van der Waals surface area contributed by atoms with Gasteiger partial charge in [0.2, 0.25) is 0 Å². The van der Waals surface area contributed by atoms with Crippen LogP contribution in [-0.4, -0.2) is 0 Å². The molecule has 0 saturated heterocycles. The zero-order valence-corrected chi connectivity index (χ0v) is 30.6. The molecule has 262 valence electrons. The minimum Gasteiger partial charge on any atom is -0.455 e. The van der Waals surface area contributed by atoms with Gasteiger partial charge in [-0.3, -0.25) is 0 Å². The minimum atomic E-state index is 0.882. The lowest BCUT2D eigenvalue weighted by Gasteiger charge is -2.28. The van der Waals surface area contributed by atoms with Crippen molar-refractivity contribution >= 4 is 71.3 Å². The van der Waals surface area contributed by atoms with E-state index >= 15 is 0 Å². The van der Waals surface area contributed by atoms with Crippen molar-refractivity contribution in [2.24, 2.45) is 0 Å². The summed E-state index contributed by atoms with van der Waals surface area (Å²) in [4.78, 5) is 2.41. The third-order valence-corrected chi connectivity index (χ3v) is 11.3. The van der Waals surface area contributed by atoms with Crippen LogP contribution in [0.4, 0.5) is 17.1 Å². The van der Waals surface area contributed by atoms with E-state index in [1.807, 2.05) is 0 Å². The molecule has 0 aliphatic rings. The molecule has 0 fully saturated rings. The topological polar surface area (TPSA) is 16.4 Å². The van der Waals surface area contributed by atoms with Crippen molar-refractivity contribution in [2.75, 3.05) is 4.90 Å². The average molecular weight is 714 g/mol. The molecule has 0 amide bonds. The summed E-state index contributed by atoms with van der Waals surface area (Å²) in [5, 5.41) is 9.56. The van der Waals surface area contributed by atoms with Gasteiger partial charge in [0.1, 0.15) is 11.2 Å². The van der Waals surface area contributed by atoms with Crippen molar-refractivity contribution in [3.05, 3.63) is 212 Å². The van der Waals surface area contributed by atoms with Gasteiger partial charge in [-0.1, -0.05) is 170 Å². The smallest absolute Gasteiger partial charge is 0.143 e. The Morgan fingerprint density at radius 3 is 1.79 bits per heavy atom. The van der Waals surface area contributed by atoms with Crippen LogP contribution in [0.2, 0.25) is 0 Å². The van der Waals surface area contributed by atoms with Gasteiger partial charge in [-0.2, -0.15) is 0 Å². The first kappa shape index (κ1) is 32.0. The number of fused-ring (bicyclic) bond motifs is 8. The standard InChI is InChI=1S/C54H35NO/c1-2-13-36(14-3-1)37-27-31-41(32-28-37)55(42-18-10-17-40(35-42)44-22-11-23-46-43-19-6-4-15-38(43)29-33-47(44)46)51-25-9-8-21-48(51)49-24-12-26-52-53(49)50-34-30-39-16-5-7-20-45(39)54(50)56-52/h1-35H. The maximum atomic E-state index is 6.67. The first-order valence-corrected chi connectivity index (χ1v) is 19.2. The lowest BCUT2D eigenvalue weighted by atomic mass is 9.94. The normalized spacial score (nSPS) is 11.6. The Kier molecular flexibility index (Phi) is 7.53. The fourth-order valence-electron chi connectivity index (χ4n) is 8.64. The molecule has 1 aromatic heterocycles. The van der Waals surface area contributed by atoms with Gasteiger partial charge >= 0.3 is 0 Å². The Balaban J connectivity index is 1.12. The molecule has 56 heavy (non-hydrogen) atoms. The molecule has 0 radical (unpaired) electrons. The van der Waals surface area contributed by atoms with Crippen LogP contribution in [0.3, 0.4) is 0 Å². The summed E-state index contributed by atoms with van der Waals surface area (Å²) < 4.78 is 6.67. The van der Waals surface area contributed by atoms with E-state index in [1.54, 1.807) is 0 Å². The van der Waals surface area contributed by atoms with Crippen molar-refractivity contribution in [1.29, 1.82) is 0 Å². The summed E-state index contributed by atoms with van der Waals surface area (Å²) in [5.41, 5.74) is 12.1. The maximum Gasteiger partial charge on any atom is 0.143 e. The van der Waals surface area contributed by atoms with E-state index in [-0.39, 0.29) is 0 Å². The number of para-hydroxylation sites is 1. The first-order valence-electron chi connectivity index (χ1n) is 19.2. The van der Waals surface area contributed by atoms with Gasteiger partial charge in [0.25, 0.3) is 0 Å². The fourth-order valence-corrected chi connectivity index (χ4v) is 8.64. The van der Waals surface area contributed by atoms with E-state index in [0.29, 0.717) is 0 Å². The first-order chi connectivity index (χ1) is 27.8. The van der Waals surface area contributed by atoms with Gasteiger partial charge in [-0.25, -0.2) is 0 Å². The summed E-state index contributed by atoms with van der Waals surface area (Å²) in [6.45, 7) is 0. The van der Waals surface area contributed by atoms with Crippen molar-refractivity contribution in [3.63, 3.8) is 0 Å². The zero-order chi connectivity index (χ0) is 37.0. The third kappa shape index (κ3) is 5.26. The predicted molar refractivity (Wildman–Crippen MR) is 237 cm³/mol. The molecule has 0 saturated carbocycles. The van der Waals surface area contributed by atoms with Gasteiger partial charge < -0.3 is 9.32 Å². The van der Waals surface area contributed by atoms with E-state index in [1.165, 1.54) is 49.2 Å². The van der Waals surface area contributed by atoms with Crippen LogP contribution in [0.1, 0.15) is 0 Å². The van der Waals surface area contributed by atoms with Gasteiger partial charge in [-0.15, -0.1) is 0 Å². The lowest BCUT2D eigenvalue weighted by molar-refractivity contribution is 0.673. The summed E-state index contributed by atoms with van der Waals surface area (Å²) in [6.07, 6.45) is 0. The van der Waals surface area contributed by atoms with Crippen LogP contribution >= 0.6 is 0 Å². The number of anilines is 3. The zero-order valence-electron chi connectivity index (χ0n) is 30.6. The molecule has 0 N–H and O–H groups in total. The van der Waals surface area contributed by atoms with E-state index in [0.717, 1.165) is 55.5 Å². The molecule has 0 atom stereocenters. The molecule has 11 rings (SSSR count). The maximum absolute atomic E-state index is 6.67. The predicted octanol–water partition coefficient (Wildman–Crippen LogP) is 15.5. The van der Waals surface area contributed by atoms with Crippen LogP contribution in [0.15, 0.2) is 217 Å². The Hall–Kier alpha value is -7.42. The molecule has 10 aromatic carbocycles. The van der Waals surface area contributed by atoms with Crippen LogP contribution in [-0.2, 0) is 0 Å². The molecule has 0 aliphatic heterocycles. The second-order valence-corrected chi connectivity index (χ2v) is 14.4.